The Kier molecular flexibility index (Phi) is 6.59. The molecule has 1 aliphatic carbocycles. The molecule has 0 radical (unpaired) electrons. The molecule has 0 heterocycles. The summed E-state index contributed by atoms with van der Waals surface area (Å²) in [5, 5.41) is 2.68. The van der Waals surface area contributed by atoms with Gasteiger partial charge >= 0.3 is 5.97 Å². The molecule has 1 N–H and O–H groups in total. The third kappa shape index (κ3) is 5.19. The number of aryl methyl sites for hydroxylation is 2. The van der Waals surface area contributed by atoms with Gasteiger partial charge in [-0.15, -0.1) is 0 Å². The van der Waals surface area contributed by atoms with E-state index in [1.165, 1.54) is 32.3 Å². The number of carbonyl (C=O) groups excluding carboxylic acids is 2. The van der Waals surface area contributed by atoms with Crippen molar-refractivity contribution in [2.75, 3.05) is 26.1 Å². The number of hydrogen-bond donors (Lipinski definition) is 1. The van der Waals surface area contributed by atoms with E-state index in [4.69, 9.17) is 18.9 Å². The molecule has 29 heavy (non-hydrogen) atoms. The Balaban J connectivity index is 1.49. The van der Waals surface area contributed by atoms with Crippen molar-refractivity contribution in [2.45, 2.75) is 32.3 Å². The molecular weight excluding hydrogens is 374 g/mol. The third-order valence-electron chi connectivity index (χ3n) is 4.76. The molecule has 2 aromatic rings. The van der Waals surface area contributed by atoms with E-state index in [0.717, 1.165) is 19.3 Å². The summed E-state index contributed by atoms with van der Waals surface area (Å²) >= 11 is 0. The highest BCUT2D eigenvalue weighted by Crippen LogP contribution is 2.30. The first kappa shape index (κ1) is 20.5. The molecule has 1 aliphatic rings. The predicted molar refractivity (Wildman–Crippen MR) is 108 cm³/mol. The number of methoxy groups -OCH3 is 2. The molecule has 0 fully saturated rings. The van der Waals surface area contributed by atoms with E-state index >= 15 is 0 Å². The monoisotopic (exact) mass is 399 g/mol. The summed E-state index contributed by atoms with van der Waals surface area (Å²) in [5.74, 6) is 0.597. The first-order valence-corrected chi connectivity index (χ1v) is 9.47. The zero-order valence-electron chi connectivity index (χ0n) is 16.8. The van der Waals surface area contributed by atoms with Crippen molar-refractivity contribution in [1.82, 2.24) is 0 Å². The van der Waals surface area contributed by atoms with Crippen molar-refractivity contribution >= 4 is 17.6 Å². The van der Waals surface area contributed by atoms with E-state index in [1.54, 1.807) is 18.2 Å². The standard InChI is InChI=1S/C22H25NO6/c1-14(22(25)23-17-8-10-19(26-2)20(12-17)27-3)29-21(24)13-28-18-9-7-15-5-4-6-16(15)11-18/h7-12,14H,4-6,13H2,1-3H3,(H,23,25)/t14-/m1/s1. The van der Waals surface area contributed by atoms with Crippen molar-refractivity contribution in [3.05, 3.63) is 47.5 Å². The van der Waals surface area contributed by atoms with Crippen LogP contribution in [0.4, 0.5) is 5.69 Å². The normalized spacial score (nSPS) is 13.2. The summed E-state index contributed by atoms with van der Waals surface area (Å²) < 4.78 is 21.0. The maximum absolute atomic E-state index is 12.3. The van der Waals surface area contributed by atoms with E-state index in [-0.39, 0.29) is 6.61 Å². The van der Waals surface area contributed by atoms with Crippen LogP contribution in [-0.2, 0) is 27.2 Å². The molecule has 0 aromatic heterocycles. The lowest BCUT2D eigenvalue weighted by atomic mass is 10.1. The number of anilines is 1. The van der Waals surface area contributed by atoms with Crippen LogP contribution in [0.5, 0.6) is 17.2 Å². The number of esters is 1. The van der Waals surface area contributed by atoms with Gasteiger partial charge in [0.15, 0.2) is 24.2 Å². The molecule has 0 saturated heterocycles. The number of benzene rings is 2. The van der Waals surface area contributed by atoms with Gasteiger partial charge in [0.25, 0.3) is 5.91 Å². The van der Waals surface area contributed by atoms with Crippen LogP contribution in [0.2, 0.25) is 0 Å². The molecule has 154 valence electrons. The predicted octanol–water partition coefficient (Wildman–Crippen LogP) is 3.14. The number of carbonyl (C=O) groups is 2. The molecule has 3 rings (SSSR count). The molecule has 0 aliphatic heterocycles. The van der Waals surface area contributed by atoms with Gasteiger partial charge in [0, 0.05) is 11.8 Å². The molecule has 1 atom stereocenters. The maximum Gasteiger partial charge on any atom is 0.344 e. The Morgan fingerprint density at radius 3 is 2.52 bits per heavy atom. The highest BCUT2D eigenvalue weighted by atomic mass is 16.6. The topological polar surface area (TPSA) is 83.1 Å². The molecule has 0 saturated carbocycles. The van der Waals surface area contributed by atoms with Gasteiger partial charge in [0.1, 0.15) is 5.75 Å². The number of ether oxygens (including phenoxy) is 4. The minimum absolute atomic E-state index is 0.257. The van der Waals surface area contributed by atoms with Gasteiger partial charge in [-0.2, -0.15) is 0 Å². The smallest absolute Gasteiger partial charge is 0.344 e. The Bertz CT molecular complexity index is 895. The number of nitrogens with one attached hydrogen (secondary N) is 1. The van der Waals surface area contributed by atoms with Crippen LogP contribution in [0.25, 0.3) is 0 Å². The molecule has 7 nitrogen and oxygen atoms in total. The molecule has 1 amide bonds. The Labute approximate surface area is 169 Å². The SMILES string of the molecule is COc1ccc(NC(=O)[C@@H](C)OC(=O)COc2ccc3c(c2)CCC3)cc1OC. The summed E-state index contributed by atoms with van der Waals surface area (Å²) in [5.41, 5.74) is 3.10. The van der Waals surface area contributed by atoms with Crippen molar-refractivity contribution in [1.29, 1.82) is 0 Å². The van der Waals surface area contributed by atoms with Crippen molar-refractivity contribution in [3.63, 3.8) is 0 Å². The van der Waals surface area contributed by atoms with E-state index in [9.17, 15) is 9.59 Å². The van der Waals surface area contributed by atoms with Gasteiger partial charge in [-0.05, 0) is 61.6 Å². The average molecular weight is 399 g/mol. The Morgan fingerprint density at radius 2 is 1.76 bits per heavy atom. The second-order valence-electron chi connectivity index (χ2n) is 6.76. The van der Waals surface area contributed by atoms with E-state index in [2.05, 4.69) is 5.32 Å². The first-order chi connectivity index (χ1) is 14.0. The van der Waals surface area contributed by atoms with Crippen molar-refractivity contribution in [3.8, 4) is 17.2 Å². The van der Waals surface area contributed by atoms with Crippen LogP contribution in [0.3, 0.4) is 0 Å². The summed E-state index contributed by atoms with van der Waals surface area (Å²) in [4.78, 5) is 24.3. The fourth-order valence-corrected chi connectivity index (χ4v) is 3.22. The quantitative estimate of drug-likeness (QED) is 0.687. The Morgan fingerprint density at radius 1 is 1.00 bits per heavy atom. The van der Waals surface area contributed by atoms with Gasteiger partial charge in [-0.1, -0.05) is 6.07 Å². The lowest BCUT2D eigenvalue weighted by molar-refractivity contribution is -0.155. The second-order valence-corrected chi connectivity index (χ2v) is 6.76. The Hall–Kier alpha value is -3.22. The van der Waals surface area contributed by atoms with Gasteiger partial charge < -0.3 is 24.3 Å². The molecule has 2 aromatic carbocycles. The van der Waals surface area contributed by atoms with Crippen LogP contribution < -0.4 is 19.5 Å². The largest absolute Gasteiger partial charge is 0.493 e. The van der Waals surface area contributed by atoms with E-state index in [0.29, 0.717) is 22.9 Å². The number of rotatable bonds is 8. The molecular formula is C22H25NO6. The van der Waals surface area contributed by atoms with Crippen LogP contribution in [-0.4, -0.2) is 38.8 Å². The van der Waals surface area contributed by atoms with Crippen LogP contribution in [0.1, 0.15) is 24.5 Å². The molecule has 0 spiro atoms. The van der Waals surface area contributed by atoms with Crippen LogP contribution in [0.15, 0.2) is 36.4 Å². The van der Waals surface area contributed by atoms with Gasteiger partial charge in [0.05, 0.1) is 14.2 Å². The average Bonchev–Trinajstić information content (AvgIpc) is 3.19. The van der Waals surface area contributed by atoms with Gasteiger partial charge in [-0.25, -0.2) is 4.79 Å². The molecule has 0 unspecified atom stereocenters. The second kappa shape index (κ2) is 9.32. The zero-order valence-corrected chi connectivity index (χ0v) is 16.8. The minimum atomic E-state index is -0.973. The van der Waals surface area contributed by atoms with Crippen LogP contribution in [0, 0.1) is 0 Å². The van der Waals surface area contributed by atoms with E-state index in [1.807, 2.05) is 18.2 Å². The lowest BCUT2D eigenvalue weighted by Gasteiger charge is -2.15. The third-order valence-corrected chi connectivity index (χ3v) is 4.76. The molecule has 7 heteroatoms. The lowest BCUT2D eigenvalue weighted by Crippen LogP contribution is -2.31. The maximum atomic E-state index is 12.3. The fraction of sp³-hybridized carbons (Fsp3) is 0.364. The first-order valence-electron chi connectivity index (χ1n) is 9.47. The summed E-state index contributed by atoms with van der Waals surface area (Å²) in [6.07, 6.45) is 2.29. The van der Waals surface area contributed by atoms with Crippen molar-refractivity contribution < 1.29 is 28.5 Å². The summed E-state index contributed by atoms with van der Waals surface area (Å²) in [6.45, 7) is 1.25. The van der Waals surface area contributed by atoms with E-state index < -0.39 is 18.0 Å². The fourth-order valence-electron chi connectivity index (χ4n) is 3.22. The van der Waals surface area contributed by atoms with Crippen LogP contribution >= 0.6 is 0 Å². The minimum Gasteiger partial charge on any atom is -0.493 e. The zero-order chi connectivity index (χ0) is 20.8. The number of amides is 1. The van der Waals surface area contributed by atoms with Gasteiger partial charge in [0.2, 0.25) is 0 Å². The summed E-state index contributed by atoms with van der Waals surface area (Å²) in [6, 6.07) is 10.8. The number of hydrogen-bond acceptors (Lipinski definition) is 6. The molecule has 0 bridgehead atoms. The highest BCUT2D eigenvalue weighted by Gasteiger charge is 2.19. The highest BCUT2D eigenvalue weighted by molar-refractivity contribution is 5.95. The summed E-state index contributed by atoms with van der Waals surface area (Å²) in [7, 11) is 3.04. The number of fused-ring (bicyclic) bond motifs is 1. The van der Waals surface area contributed by atoms with Gasteiger partial charge in [-0.3, -0.25) is 4.79 Å². The van der Waals surface area contributed by atoms with Crippen molar-refractivity contribution in [2.24, 2.45) is 0 Å².